The minimum atomic E-state index is -1.35. The second-order valence-electron chi connectivity index (χ2n) is 5.35. The molecule has 1 N–H and O–H groups in total. The third-order valence-corrected chi connectivity index (χ3v) is 3.68. The summed E-state index contributed by atoms with van der Waals surface area (Å²) in [6, 6.07) is 16.0. The van der Waals surface area contributed by atoms with E-state index in [9.17, 15) is 14.9 Å². The largest absolute Gasteiger partial charge is 0.497 e. The van der Waals surface area contributed by atoms with E-state index in [4.69, 9.17) is 4.74 Å². The number of Topliss-reactive ketones (excluding diaryl/α,β-unsaturated/α-hetero) is 1. The summed E-state index contributed by atoms with van der Waals surface area (Å²) in [5, 5.41) is 11.8. The number of anilines is 1. The lowest BCUT2D eigenvalue weighted by Crippen LogP contribution is -2.29. The third kappa shape index (κ3) is 4.20. The van der Waals surface area contributed by atoms with Gasteiger partial charge in [0, 0.05) is 18.2 Å². The number of ketones is 1. The van der Waals surface area contributed by atoms with E-state index in [1.54, 1.807) is 30.3 Å². The van der Waals surface area contributed by atoms with Gasteiger partial charge in [-0.15, -0.1) is 0 Å². The van der Waals surface area contributed by atoms with E-state index >= 15 is 0 Å². The molecule has 0 bridgehead atoms. The molecule has 1 atom stereocenters. The molecule has 5 heteroatoms. The van der Waals surface area contributed by atoms with Gasteiger partial charge in [0.15, 0.2) is 11.7 Å². The van der Waals surface area contributed by atoms with Crippen LogP contribution in [-0.2, 0) is 16.0 Å². The first-order valence-corrected chi connectivity index (χ1v) is 7.47. The van der Waals surface area contributed by atoms with Gasteiger partial charge in [0.05, 0.1) is 13.2 Å². The molecule has 0 spiro atoms. The van der Waals surface area contributed by atoms with Crippen LogP contribution in [0.2, 0.25) is 0 Å². The maximum Gasteiger partial charge on any atom is 0.249 e. The number of hydrogen-bond acceptors (Lipinski definition) is 4. The Morgan fingerprint density at radius 1 is 1.21 bits per heavy atom. The summed E-state index contributed by atoms with van der Waals surface area (Å²) in [4.78, 5) is 24.6. The van der Waals surface area contributed by atoms with Gasteiger partial charge in [-0.2, -0.15) is 5.26 Å². The molecular formula is C19H18N2O3. The number of aryl methyl sites for hydroxylation is 1. The van der Waals surface area contributed by atoms with Gasteiger partial charge in [0.1, 0.15) is 5.75 Å². The zero-order valence-corrected chi connectivity index (χ0v) is 13.6. The zero-order valence-electron chi connectivity index (χ0n) is 13.6. The molecule has 0 unspecified atom stereocenters. The van der Waals surface area contributed by atoms with Gasteiger partial charge in [0.25, 0.3) is 0 Å². The highest BCUT2D eigenvalue weighted by molar-refractivity contribution is 6.10. The van der Waals surface area contributed by atoms with Gasteiger partial charge >= 0.3 is 0 Å². The molecule has 0 aliphatic rings. The Labute approximate surface area is 140 Å². The fraction of sp³-hybridized carbons (Fsp3) is 0.211. The third-order valence-electron chi connectivity index (χ3n) is 3.68. The van der Waals surface area contributed by atoms with Crippen molar-refractivity contribution in [3.8, 4) is 11.8 Å². The number of hydrogen-bond donors (Lipinski definition) is 1. The lowest BCUT2D eigenvalue weighted by molar-refractivity contribution is -0.128. The summed E-state index contributed by atoms with van der Waals surface area (Å²) >= 11 is 0. The SMILES string of the molecule is COc1cccc(NC(=O)[C@H](C#N)C(=O)Cc2ccccc2C)c1. The maximum absolute atomic E-state index is 12.3. The monoisotopic (exact) mass is 322 g/mol. The zero-order chi connectivity index (χ0) is 17.5. The Hall–Kier alpha value is -3.13. The van der Waals surface area contributed by atoms with Crippen molar-refractivity contribution in [3.05, 3.63) is 59.7 Å². The quantitative estimate of drug-likeness (QED) is 0.829. The molecule has 122 valence electrons. The predicted molar refractivity (Wildman–Crippen MR) is 90.6 cm³/mol. The number of methoxy groups -OCH3 is 1. The van der Waals surface area contributed by atoms with E-state index in [-0.39, 0.29) is 6.42 Å². The van der Waals surface area contributed by atoms with Crippen LogP contribution < -0.4 is 10.1 Å². The second-order valence-corrected chi connectivity index (χ2v) is 5.35. The molecule has 1 amide bonds. The molecular weight excluding hydrogens is 304 g/mol. The van der Waals surface area contributed by atoms with Gasteiger partial charge < -0.3 is 10.1 Å². The average Bonchev–Trinajstić information content (AvgIpc) is 2.57. The molecule has 0 fully saturated rings. The Morgan fingerprint density at radius 3 is 2.62 bits per heavy atom. The predicted octanol–water partition coefficient (Wildman–Crippen LogP) is 2.89. The minimum absolute atomic E-state index is 0.0520. The van der Waals surface area contributed by atoms with Crippen LogP contribution in [0, 0.1) is 24.2 Å². The van der Waals surface area contributed by atoms with Crippen molar-refractivity contribution >= 4 is 17.4 Å². The number of benzene rings is 2. The molecule has 2 aromatic rings. The molecule has 0 radical (unpaired) electrons. The second kappa shape index (κ2) is 7.93. The molecule has 0 saturated carbocycles. The summed E-state index contributed by atoms with van der Waals surface area (Å²) in [5.74, 6) is -1.83. The standard InChI is InChI=1S/C19H18N2O3/c1-13-6-3-4-7-14(13)10-18(22)17(12-20)19(23)21-15-8-5-9-16(11-15)24-2/h3-9,11,17H,10H2,1-2H3,(H,21,23)/t17-/m1/s1. The molecule has 24 heavy (non-hydrogen) atoms. The number of rotatable bonds is 6. The number of amides is 1. The van der Waals surface area contributed by atoms with E-state index in [1.165, 1.54) is 7.11 Å². The number of nitrogens with zero attached hydrogens (tertiary/aromatic N) is 1. The molecule has 0 aliphatic heterocycles. The van der Waals surface area contributed by atoms with Crippen LogP contribution in [0.3, 0.4) is 0 Å². The van der Waals surface area contributed by atoms with E-state index in [0.717, 1.165) is 11.1 Å². The summed E-state index contributed by atoms with van der Waals surface area (Å²) < 4.78 is 5.08. The summed E-state index contributed by atoms with van der Waals surface area (Å²) in [7, 11) is 1.52. The lowest BCUT2D eigenvalue weighted by Gasteiger charge is -2.11. The highest BCUT2D eigenvalue weighted by atomic mass is 16.5. The van der Waals surface area contributed by atoms with Crippen molar-refractivity contribution in [3.63, 3.8) is 0 Å². The number of ether oxygens (including phenoxy) is 1. The van der Waals surface area contributed by atoms with Crippen LogP contribution in [-0.4, -0.2) is 18.8 Å². The summed E-state index contributed by atoms with van der Waals surface area (Å²) in [6.07, 6.45) is 0.0520. The number of carbonyl (C=O) groups is 2. The average molecular weight is 322 g/mol. The Morgan fingerprint density at radius 2 is 1.96 bits per heavy atom. The molecule has 2 rings (SSSR count). The summed E-state index contributed by atoms with van der Waals surface area (Å²) in [5.41, 5.74) is 2.25. The molecule has 0 heterocycles. The van der Waals surface area contributed by atoms with E-state index in [1.807, 2.05) is 31.2 Å². The van der Waals surface area contributed by atoms with Crippen molar-refractivity contribution in [2.45, 2.75) is 13.3 Å². The van der Waals surface area contributed by atoms with Gasteiger partial charge in [-0.05, 0) is 30.2 Å². The molecule has 0 saturated heterocycles. The first-order valence-electron chi connectivity index (χ1n) is 7.47. The van der Waals surface area contributed by atoms with Crippen LogP contribution in [0.25, 0.3) is 0 Å². The Kier molecular flexibility index (Phi) is 5.69. The number of nitriles is 1. The van der Waals surface area contributed by atoms with Gasteiger partial charge in [-0.1, -0.05) is 30.3 Å². The molecule has 0 aromatic heterocycles. The van der Waals surface area contributed by atoms with Crippen LogP contribution >= 0.6 is 0 Å². The van der Waals surface area contributed by atoms with Crippen molar-refractivity contribution in [2.75, 3.05) is 12.4 Å². The van der Waals surface area contributed by atoms with Gasteiger partial charge in [-0.25, -0.2) is 0 Å². The van der Waals surface area contributed by atoms with Crippen molar-refractivity contribution in [1.29, 1.82) is 5.26 Å². The lowest BCUT2D eigenvalue weighted by atomic mass is 9.96. The Balaban J connectivity index is 2.09. The minimum Gasteiger partial charge on any atom is -0.497 e. The first-order chi connectivity index (χ1) is 11.5. The fourth-order valence-corrected chi connectivity index (χ4v) is 2.29. The Bertz CT molecular complexity index is 793. The normalized spacial score (nSPS) is 11.2. The van der Waals surface area contributed by atoms with Crippen molar-refractivity contribution in [2.24, 2.45) is 5.92 Å². The van der Waals surface area contributed by atoms with Gasteiger partial charge in [-0.3, -0.25) is 9.59 Å². The first kappa shape index (κ1) is 17.2. The smallest absolute Gasteiger partial charge is 0.249 e. The van der Waals surface area contributed by atoms with Crippen LogP contribution in [0.1, 0.15) is 11.1 Å². The number of nitrogens with one attached hydrogen (secondary N) is 1. The van der Waals surface area contributed by atoms with E-state index in [2.05, 4.69) is 5.32 Å². The molecule has 5 nitrogen and oxygen atoms in total. The number of carbonyl (C=O) groups excluding carboxylic acids is 2. The highest BCUT2D eigenvalue weighted by Gasteiger charge is 2.26. The topological polar surface area (TPSA) is 79.2 Å². The fourth-order valence-electron chi connectivity index (χ4n) is 2.29. The van der Waals surface area contributed by atoms with Crippen LogP contribution in [0.5, 0.6) is 5.75 Å². The van der Waals surface area contributed by atoms with E-state index in [0.29, 0.717) is 11.4 Å². The molecule has 0 aliphatic carbocycles. The van der Waals surface area contributed by atoms with Crippen LogP contribution in [0.4, 0.5) is 5.69 Å². The maximum atomic E-state index is 12.3. The van der Waals surface area contributed by atoms with Gasteiger partial charge in [0.2, 0.25) is 5.91 Å². The van der Waals surface area contributed by atoms with Crippen molar-refractivity contribution in [1.82, 2.24) is 0 Å². The van der Waals surface area contributed by atoms with Crippen molar-refractivity contribution < 1.29 is 14.3 Å². The molecule has 2 aromatic carbocycles. The highest BCUT2D eigenvalue weighted by Crippen LogP contribution is 2.18. The van der Waals surface area contributed by atoms with E-state index < -0.39 is 17.6 Å². The van der Waals surface area contributed by atoms with Crippen LogP contribution in [0.15, 0.2) is 48.5 Å². The summed E-state index contributed by atoms with van der Waals surface area (Å²) in [6.45, 7) is 1.89.